The molecule has 2 bridgehead atoms. The van der Waals surface area contributed by atoms with E-state index in [2.05, 4.69) is 21.0 Å². The van der Waals surface area contributed by atoms with Gasteiger partial charge in [0.25, 0.3) is 0 Å². The fraction of sp³-hybridized carbons (Fsp3) is 0.389. The summed E-state index contributed by atoms with van der Waals surface area (Å²) in [4.78, 5) is 26.9. The number of imide groups is 1. The third-order valence-corrected chi connectivity index (χ3v) is 6.49. The Hall–Kier alpha value is -1.77. The molecular weight excluding hydrogens is 441 g/mol. The number of nitrogens with zero attached hydrogens (tertiary/aromatic N) is 3. The summed E-state index contributed by atoms with van der Waals surface area (Å²) in [5.41, 5.74) is 0.295. The van der Waals surface area contributed by atoms with Crippen LogP contribution in [0.3, 0.4) is 0 Å². The van der Waals surface area contributed by atoms with Crippen LogP contribution in [0.25, 0.3) is 0 Å². The molecule has 4 heterocycles. The van der Waals surface area contributed by atoms with Crippen LogP contribution in [0.1, 0.15) is 18.4 Å². The number of ether oxygens (including phenoxy) is 1. The number of aromatic nitrogens is 2. The molecular formula is C18H14BrClFN3O3. The van der Waals surface area contributed by atoms with Crippen molar-refractivity contribution in [1.29, 1.82) is 0 Å². The Balaban J connectivity index is 1.47. The van der Waals surface area contributed by atoms with Crippen LogP contribution in [0.15, 0.2) is 28.9 Å². The highest BCUT2D eigenvalue weighted by Gasteiger charge is 2.63. The average molecular weight is 455 g/mol. The number of amides is 2. The molecule has 2 aromatic rings. The Morgan fingerprint density at radius 2 is 1.89 bits per heavy atom. The Morgan fingerprint density at radius 3 is 2.52 bits per heavy atom. The summed E-state index contributed by atoms with van der Waals surface area (Å²) in [6, 6.07) is 4.46. The van der Waals surface area contributed by atoms with Crippen LogP contribution in [-0.4, -0.2) is 33.8 Å². The van der Waals surface area contributed by atoms with Crippen molar-refractivity contribution >= 4 is 45.2 Å². The molecule has 2 amide bonds. The van der Waals surface area contributed by atoms with Gasteiger partial charge in [0.15, 0.2) is 5.82 Å². The molecule has 27 heavy (non-hydrogen) atoms. The van der Waals surface area contributed by atoms with Crippen LogP contribution in [-0.2, 0) is 20.9 Å². The van der Waals surface area contributed by atoms with Crippen LogP contribution >= 0.6 is 27.5 Å². The van der Waals surface area contributed by atoms with E-state index in [0.717, 1.165) is 17.7 Å². The molecule has 1 aromatic heterocycles. The van der Waals surface area contributed by atoms with Gasteiger partial charge in [-0.2, -0.15) is 5.10 Å². The van der Waals surface area contributed by atoms with Gasteiger partial charge in [-0.25, -0.2) is 9.29 Å². The largest absolute Gasteiger partial charge is 0.373 e. The summed E-state index contributed by atoms with van der Waals surface area (Å²) < 4.78 is 21.7. The van der Waals surface area contributed by atoms with E-state index >= 15 is 0 Å². The fourth-order valence-corrected chi connectivity index (χ4v) is 5.10. The number of benzene rings is 1. The Labute approximate surface area is 167 Å². The molecule has 4 atom stereocenters. The van der Waals surface area contributed by atoms with Crippen molar-refractivity contribution < 1.29 is 18.7 Å². The summed E-state index contributed by atoms with van der Waals surface area (Å²) in [6.07, 6.45) is 2.86. The minimum absolute atomic E-state index is 0.0849. The predicted molar refractivity (Wildman–Crippen MR) is 97.8 cm³/mol. The number of carbonyl (C=O) groups is 2. The second kappa shape index (κ2) is 6.12. The highest BCUT2D eigenvalue weighted by Crippen LogP contribution is 2.49. The van der Waals surface area contributed by atoms with Crippen molar-refractivity contribution in [2.24, 2.45) is 11.8 Å². The number of hydrogen-bond acceptors (Lipinski definition) is 4. The average Bonchev–Trinajstić information content (AvgIpc) is 3.36. The SMILES string of the molecule is O=C1[C@@H]2[C@@H](C(=O)N1c1nn(Cc3c(F)cccc3Cl)cc1Br)[C@@H]1CC[C@@H]2O1. The molecule has 3 aliphatic rings. The standard InChI is InChI=1S/C18H14BrClFN3O3/c19-9-7-23(6-8-10(20)2-1-3-11(8)21)22-16(9)24-17(25)14-12-4-5-13(27-12)15(14)18(24)26/h1-3,7,12-15H,4-6H2/t12-,13-,14-,15-/m0/s1. The van der Waals surface area contributed by atoms with E-state index in [1.165, 1.54) is 16.8 Å². The van der Waals surface area contributed by atoms with E-state index in [1.807, 2.05) is 0 Å². The van der Waals surface area contributed by atoms with Crippen molar-refractivity contribution in [1.82, 2.24) is 9.78 Å². The molecule has 1 aromatic carbocycles. The molecule has 5 rings (SSSR count). The summed E-state index contributed by atoms with van der Waals surface area (Å²) in [5, 5.41) is 4.65. The minimum Gasteiger partial charge on any atom is -0.373 e. The smallest absolute Gasteiger partial charge is 0.241 e. The van der Waals surface area contributed by atoms with Gasteiger partial charge in [-0.3, -0.25) is 14.3 Å². The number of rotatable bonds is 3. The lowest BCUT2D eigenvalue weighted by atomic mass is 9.81. The van der Waals surface area contributed by atoms with E-state index in [-0.39, 0.29) is 36.4 Å². The fourth-order valence-electron chi connectivity index (χ4n) is 4.39. The number of carbonyl (C=O) groups excluding carboxylic acids is 2. The van der Waals surface area contributed by atoms with Gasteiger partial charge in [-0.05, 0) is 40.9 Å². The number of anilines is 1. The predicted octanol–water partition coefficient (Wildman–Crippen LogP) is 3.15. The summed E-state index contributed by atoms with van der Waals surface area (Å²) in [5.74, 6) is -1.60. The van der Waals surface area contributed by atoms with Crippen LogP contribution < -0.4 is 4.90 Å². The van der Waals surface area contributed by atoms with Gasteiger partial charge in [0.2, 0.25) is 11.8 Å². The molecule has 3 fully saturated rings. The highest BCUT2D eigenvalue weighted by molar-refractivity contribution is 9.10. The normalized spacial score (nSPS) is 29.1. The van der Waals surface area contributed by atoms with Crippen molar-refractivity contribution in [3.63, 3.8) is 0 Å². The molecule has 0 spiro atoms. The topological polar surface area (TPSA) is 64.4 Å². The summed E-state index contributed by atoms with van der Waals surface area (Å²) >= 11 is 9.45. The number of fused-ring (bicyclic) bond motifs is 5. The van der Waals surface area contributed by atoms with Gasteiger partial charge >= 0.3 is 0 Å². The lowest BCUT2D eigenvalue weighted by Crippen LogP contribution is -2.34. The maximum atomic E-state index is 14.0. The van der Waals surface area contributed by atoms with Crippen molar-refractivity contribution in [2.75, 3.05) is 4.90 Å². The minimum atomic E-state index is -0.438. The van der Waals surface area contributed by atoms with Crippen molar-refractivity contribution in [2.45, 2.75) is 31.6 Å². The van der Waals surface area contributed by atoms with Gasteiger partial charge in [-0.15, -0.1) is 0 Å². The molecule has 0 radical (unpaired) electrons. The highest BCUT2D eigenvalue weighted by atomic mass is 79.9. The van der Waals surface area contributed by atoms with E-state index in [9.17, 15) is 14.0 Å². The maximum absolute atomic E-state index is 14.0. The van der Waals surface area contributed by atoms with E-state index in [0.29, 0.717) is 15.1 Å². The summed E-state index contributed by atoms with van der Waals surface area (Å²) in [6.45, 7) is 0.0849. The molecule has 3 saturated heterocycles. The van der Waals surface area contributed by atoms with Crippen LogP contribution in [0.2, 0.25) is 5.02 Å². The molecule has 6 nitrogen and oxygen atoms in total. The van der Waals surface area contributed by atoms with Gasteiger partial charge in [-0.1, -0.05) is 17.7 Å². The van der Waals surface area contributed by atoms with Crippen LogP contribution in [0.5, 0.6) is 0 Å². The Morgan fingerprint density at radius 1 is 1.22 bits per heavy atom. The number of hydrogen-bond donors (Lipinski definition) is 0. The van der Waals surface area contributed by atoms with E-state index in [1.54, 1.807) is 12.3 Å². The zero-order valence-electron chi connectivity index (χ0n) is 13.9. The molecule has 140 valence electrons. The molecule has 0 aliphatic carbocycles. The second-order valence-electron chi connectivity index (χ2n) is 7.05. The second-order valence-corrected chi connectivity index (χ2v) is 8.31. The molecule has 0 saturated carbocycles. The number of halogens is 3. The van der Waals surface area contributed by atoms with Gasteiger partial charge in [0, 0.05) is 16.8 Å². The van der Waals surface area contributed by atoms with Crippen molar-refractivity contribution in [3.8, 4) is 0 Å². The van der Waals surface area contributed by atoms with E-state index < -0.39 is 17.7 Å². The third kappa shape index (κ3) is 2.50. The molecule has 0 unspecified atom stereocenters. The quantitative estimate of drug-likeness (QED) is 0.669. The Bertz CT molecular complexity index is 933. The van der Waals surface area contributed by atoms with Gasteiger partial charge < -0.3 is 4.74 Å². The lowest BCUT2D eigenvalue weighted by Gasteiger charge is -2.15. The zero-order valence-corrected chi connectivity index (χ0v) is 16.3. The first kappa shape index (κ1) is 17.3. The molecule has 9 heteroatoms. The maximum Gasteiger partial charge on any atom is 0.241 e. The first-order chi connectivity index (χ1) is 13.0. The van der Waals surface area contributed by atoms with Crippen LogP contribution in [0, 0.1) is 17.7 Å². The third-order valence-electron chi connectivity index (χ3n) is 5.58. The zero-order chi connectivity index (χ0) is 18.9. The lowest BCUT2D eigenvalue weighted by molar-refractivity contribution is -0.124. The van der Waals surface area contributed by atoms with Gasteiger partial charge in [0.1, 0.15) is 5.82 Å². The monoisotopic (exact) mass is 453 g/mol. The van der Waals surface area contributed by atoms with Crippen LogP contribution in [0.4, 0.5) is 10.2 Å². The first-order valence-corrected chi connectivity index (χ1v) is 9.82. The summed E-state index contributed by atoms with van der Waals surface area (Å²) in [7, 11) is 0. The first-order valence-electron chi connectivity index (χ1n) is 8.65. The van der Waals surface area contributed by atoms with Crippen molar-refractivity contribution in [3.05, 3.63) is 45.3 Å². The molecule has 0 N–H and O–H groups in total. The van der Waals surface area contributed by atoms with E-state index in [4.69, 9.17) is 16.3 Å². The van der Waals surface area contributed by atoms with Gasteiger partial charge in [0.05, 0.1) is 35.1 Å². The molecule has 3 aliphatic heterocycles. The Kier molecular flexibility index (Phi) is 3.93.